The number of likely N-dealkylation sites (tertiary alicyclic amines) is 1. The van der Waals surface area contributed by atoms with Crippen molar-refractivity contribution in [3.05, 3.63) is 54.0 Å². The van der Waals surface area contributed by atoms with E-state index < -0.39 is 0 Å². The third-order valence-electron chi connectivity index (χ3n) is 4.86. The van der Waals surface area contributed by atoms with Crippen LogP contribution < -0.4 is 15.4 Å². The number of hydrogen-bond donors (Lipinski definition) is 2. The van der Waals surface area contributed by atoms with Crippen LogP contribution in [-0.4, -0.2) is 44.1 Å². The smallest absolute Gasteiger partial charge is 0.191 e. The Bertz CT molecular complexity index is 691. The highest BCUT2D eigenvalue weighted by Crippen LogP contribution is 2.26. The minimum absolute atomic E-state index is 0.311. The van der Waals surface area contributed by atoms with Crippen LogP contribution in [0.5, 0.6) is 5.75 Å². The van der Waals surface area contributed by atoms with Crippen molar-refractivity contribution >= 4 is 5.96 Å². The van der Waals surface area contributed by atoms with Crippen molar-refractivity contribution in [2.75, 3.05) is 33.3 Å². The molecule has 6 nitrogen and oxygen atoms in total. The average molecular weight is 370 g/mol. The molecule has 0 spiro atoms. The zero-order chi connectivity index (χ0) is 18.9. The number of rotatable bonds is 8. The molecule has 0 radical (unpaired) electrons. The lowest BCUT2D eigenvalue weighted by atomic mass is 10.1. The molecule has 0 saturated carbocycles. The first-order valence-electron chi connectivity index (χ1n) is 9.72. The number of guanidine groups is 1. The summed E-state index contributed by atoms with van der Waals surface area (Å²) in [7, 11) is 1.70. The van der Waals surface area contributed by atoms with E-state index in [4.69, 9.17) is 9.15 Å². The number of aliphatic imine (C=N–C) groups is 1. The lowest BCUT2D eigenvalue weighted by Crippen LogP contribution is -2.42. The fraction of sp³-hybridized carbons (Fsp3) is 0.476. The molecule has 0 amide bonds. The second kappa shape index (κ2) is 10.0. The number of nitrogens with one attached hydrogen (secondary N) is 2. The Kier molecular flexibility index (Phi) is 7.16. The molecule has 1 aromatic heterocycles. The number of nitrogens with zero attached hydrogens (tertiary/aromatic N) is 2. The molecule has 1 saturated heterocycles. The number of hydrogen-bond acceptors (Lipinski definition) is 4. The maximum Gasteiger partial charge on any atom is 0.191 e. The maximum atomic E-state index is 5.38. The van der Waals surface area contributed by atoms with Gasteiger partial charge in [-0.1, -0.05) is 12.1 Å². The molecule has 1 atom stereocenters. The SMILES string of the molecule is CCNC(=NCc1ccco1)NCC(c1ccc(OC)cc1)N1CCCC1. The van der Waals surface area contributed by atoms with E-state index >= 15 is 0 Å². The van der Waals surface area contributed by atoms with Crippen LogP contribution in [0.25, 0.3) is 0 Å². The van der Waals surface area contributed by atoms with E-state index in [0.29, 0.717) is 12.6 Å². The van der Waals surface area contributed by atoms with Crippen LogP contribution in [0, 0.1) is 0 Å². The predicted molar refractivity (Wildman–Crippen MR) is 108 cm³/mol. The predicted octanol–water partition coefficient (Wildman–Crippen LogP) is 3.18. The summed E-state index contributed by atoms with van der Waals surface area (Å²) in [5.41, 5.74) is 1.30. The van der Waals surface area contributed by atoms with Gasteiger partial charge in [0.25, 0.3) is 0 Å². The standard InChI is InChI=1S/C21H30N4O2/c1-3-22-21(23-15-19-7-6-14-27-19)24-16-20(25-12-4-5-13-25)17-8-10-18(26-2)11-9-17/h6-11,14,20H,3-5,12-13,15-16H2,1-2H3,(H2,22,23,24). The quantitative estimate of drug-likeness (QED) is 0.552. The molecule has 146 valence electrons. The molecule has 1 fully saturated rings. The first-order valence-corrected chi connectivity index (χ1v) is 9.72. The Morgan fingerprint density at radius 1 is 1.19 bits per heavy atom. The second-order valence-electron chi connectivity index (χ2n) is 6.69. The molecule has 1 aliphatic heterocycles. The maximum absolute atomic E-state index is 5.38. The van der Waals surface area contributed by atoms with Crippen LogP contribution in [0.15, 0.2) is 52.1 Å². The average Bonchev–Trinajstić information content (AvgIpc) is 3.41. The lowest BCUT2D eigenvalue weighted by Gasteiger charge is -2.29. The van der Waals surface area contributed by atoms with Gasteiger partial charge >= 0.3 is 0 Å². The van der Waals surface area contributed by atoms with Gasteiger partial charge in [0.05, 0.1) is 19.4 Å². The van der Waals surface area contributed by atoms with Crippen molar-refractivity contribution in [1.29, 1.82) is 0 Å². The summed E-state index contributed by atoms with van der Waals surface area (Å²) in [5.74, 6) is 2.56. The second-order valence-corrected chi connectivity index (χ2v) is 6.69. The van der Waals surface area contributed by atoms with Crippen LogP contribution in [0.1, 0.15) is 37.1 Å². The molecule has 3 rings (SSSR count). The van der Waals surface area contributed by atoms with Crippen molar-refractivity contribution in [3.63, 3.8) is 0 Å². The van der Waals surface area contributed by atoms with Gasteiger partial charge in [-0.2, -0.15) is 0 Å². The Hall–Kier alpha value is -2.47. The molecule has 2 aromatic rings. The van der Waals surface area contributed by atoms with Gasteiger partial charge in [0.2, 0.25) is 0 Å². The molecular weight excluding hydrogens is 340 g/mol. The molecule has 1 unspecified atom stereocenters. The summed E-state index contributed by atoms with van der Waals surface area (Å²) in [4.78, 5) is 7.18. The third kappa shape index (κ3) is 5.50. The van der Waals surface area contributed by atoms with Crippen LogP contribution in [0.2, 0.25) is 0 Å². The van der Waals surface area contributed by atoms with Gasteiger partial charge in [0, 0.05) is 13.1 Å². The monoisotopic (exact) mass is 370 g/mol. The summed E-state index contributed by atoms with van der Waals surface area (Å²) >= 11 is 0. The molecule has 1 aromatic carbocycles. The summed E-state index contributed by atoms with van der Waals surface area (Å²) in [6, 6.07) is 12.5. The van der Waals surface area contributed by atoms with Gasteiger partial charge in [-0.05, 0) is 62.7 Å². The zero-order valence-electron chi connectivity index (χ0n) is 16.3. The lowest BCUT2D eigenvalue weighted by molar-refractivity contribution is 0.245. The van der Waals surface area contributed by atoms with Gasteiger partial charge in [-0.15, -0.1) is 0 Å². The molecule has 27 heavy (non-hydrogen) atoms. The Labute approximate surface area is 161 Å². The van der Waals surface area contributed by atoms with Crippen molar-refractivity contribution in [3.8, 4) is 5.75 Å². The Morgan fingerprint density at radius 3 is 2.59 bits per heavy atom. The Morgan fingerprint density at radius 2 is 1.96 bits per heavy atom. The van der Waals surface area contributed by atoms with Gasteiger partial charge in [0.1, 0.15) is 18.1 Å². The first kappa shape index (κ1) is 19.3. The highest BCUT2D eigenvalue weighted by Gasteiger charge is 2.23. The van der Waals surface area contributed by atoms with Gasteiger partial charge < -0.3 is 19.8 Å². The fourth-order valence-corrected chi connectivity index (χ4v) is 3.43. The van der Waals surface area contributed by atoms with E-state index in [1.807, 2.05) is 24.3 Å². The number of furan rings is 1. The van der Waals surface area contributed by atoms with Crippen LogP contribution in [0.4, 0.5) is 0 Å². The molecule has 0 aliphatic carbocycles. The minimum Gasteiger partial charge on any atom is -0.497 e. The van der Waals surface area contributed by atoms with Crippen LogP contribution in [-0.2, 0) is 6.54 Å². The van der Waals surface area contributed by atoms with E-state index in [1.54, 1.807) is 13.4 Å². The highest BCUT2D eigenvalue weighted by molar-refractivity contribution is 5.79. The summed E-state index contributed by atoms with van der Waals surface area (Å²) in [6.07, 6.45) is 4.21. The van der Waals surface area contributed by atoms with Crippen LogP contribution in [0.3, 0.4) is 0 Å². The fourth-order valence-electron chi connectivity index (χ4n) is 3.43. The molecule has 2 N–H and O–H groups in total. The molecule has 2 heterocycles. The summed E-state index contributed by atoms with van der Waals surface area (Å²) in [6.45, 7) is 6.50. The van der Waals surface area contributed by atoms with E-state index in [2.05, 4.69) is 39.6 Å². The highest BCUT2D eigenvalue weighted by atomic mass is 16.5. The molecular formula is C21H30N4O2. The first-order chi connectivity index (χ1) is 13.3. The number of methoxy groups -OCH3 is 1. The zero-order valence-corrected chi connectivity index (χ0v) is 16.3. The third-order valence-corrected chi connectivity index (χ3v) is 4.86. The van der Waals surface area contributed by atoms with Crippen molar-refractivity contribution in [2.24, 2.45) is 4.99 Å². The van der Waals surface area contributed by atoms with Crippen molar-refractivity contribution in [2.45, 2.75) is 32.4 Å². The van der Waals surface area contributed by atoms with Gasteiger partial charge in [-0.3, -0.25) is 4.90 Å². The van der Waals surface area contributed by atoms with Crippen LogP contribution >= 0.6 is 0 Å². The van der Waals surface area contributed by atoms with E-state index in [0.717, 1.165) is 43.6 Å². The Balaban J connectivity index is 1.68. The molecule has 0 bridgehead atoms. The topological polar surface area (TPSA) is 62.0 Å². The van der Waals surface area contributed by atoms with E-state index in [1.165, 1.54) is 18.4 Å². The largest absolute Gasteiger partial charge is 0.497 e. The number of ether oxygens (including phenoxy) is 1. The van der Waals surface area contributed by atoms with E-state index in [-0.39, 0.29) is 0 Å². The number of benzene rings is 1. The summed E-state index contributed by atoms with van der Waals surface area (Å²) < 4.78 is 10.7. The summed E-state index contributed by atoms with van der Waals surface area (Å²) in [5, 5.41) is 6.83. The minimum atomic E-state index is 0.311. The van der Waals surface area contributed by atoms with Gasteiger partial charge in [0.15, 0.2) is 5.96 Å². The van der Waals surface area contributed by atoms with Crippen molar-refractivity contribution < 1.29 is 9.15 Å². The molecule has 6 heteroatoms. The normalized spacial score (nSPS) is 16.3. The molecule has 1 aliphatic rings. The van der Waals surface area contributed by atoms with Crippen molar-refractivity contribution in [1.82, 2.24) is 15.5 Å². The van der Waals surface area contributed by atoms with E-state index in [9.17, 15) is 0 Å². The van der Waals surface area contributed by atoms with Gasteiger partial charge in [-0.25, -0.2) is 4.99 Å².